The third-order valence-electron chi connectivity index (χ3n) is 1.61. The Kier molecular flexibility index (Phi) is 4.28. The summed E-state index contributed by atoms with van der Waals surface area (Å²) in [6, 6.07) is 0. The Morgan fingerprint density at radius 3 is 2.50 bits per heavy atom. The number of hydrogen-bond donors (Lipinski definition) is 2. The number of rotatable bonds is 4. The lowest BCUT2D eigenvalue weighted by Crippen LogP contribution is -2.50. The average Bonchev–Trinajstić information content (AvgIpc) is 2.00. The van der Waals surface area contributed by atoms with Crippen LogP contribution in [0.25, 0.3) is 0 Å². The first-order valence-electron chi connectivity index (χ1n) is 3.71. The summed E-state index contributed by atoms with van der Waals surface area (Å²) in [4.78, 5) is 10.8. The highest BCUT2D eigenvalue weighted by atomic mass is 35.5. The van der Waals surface area contributed by atoms with Crippen LogP contribution < -0.4 is 11.1 Å². The molecule has 3 nitrogen and oxygen atoms in total. The Morgan fingerprint density at radius 2 is 2.17 bits per heavy atom. The molecule has 0 heterocycles. The van der Waals surface area contributed by atoms with Gasteiger partial charge in [-0.15, -0.1) is 0 Å². The van der Waals surface area contributed by atoms with Gasteiger partial charge < -0.3 is 5.73 Å². The summed E-state index contributed by atoms with van der Waals surface area (Å²) in [6.45, 7) is 5.91. The molecule has 0 aromatic carbocycles. The number of nitrogens with two attached hydrogens (primary N) is 1. The first kappa shape index (κ1) is 11.5. The van der Waals surface area contributed by atoms with Gasteiger partial charge in [0.05, 0.1) is 5.54 Å². The Hall–Kier alpha value is -0.540. The molecular weight excluding hydrogens is 176 g/mol. The Balaban J connectivity index is 4.01. The summed E-state index contributed by atoms with van der Waals surface area (Å²) < 4.78 is 0. The van der Waals surface area contributed by atoms with Crippen LogP contribution in [0.3, 0.4) is 0 Å². The second-order valence-corrected chi connectivity index (χ2v) is 3.52. The maximum atomic E-state index is 10.8. The molecule has 0 rings (SSSR count). The van der Waals surface area contributed by atoms with Crippen molar-refractivity contribution in [1.29, 1.82) is 0 Å². The van der Waals surface area contributed by atoms with Crippen LogP contribution in [-0.4, -0.2) is 18.0 Å². The molecule has 4 heteroatoms. The van der Waals surface area contributed by atoms with Crippen LogP contribution in [-0.2, 0) is 4.79 Å². The lowest BCUT2D eigenvalue weighted by Gasteiger charge is -2.22. The maximum Gasteiger partial charge on any atom is 0.237 e. The summed E-state index contributed by atoms with van der Waals surface area (Å²) in [5.74, 6) is -0.370. The molecule has 0 unspecified atom stereocenters. The summed E-state index contributed by atoms with van der Waals surface area (Å²) >= 11 is 5.44. The molecule has 0 spiro atoms. The zero-order chi connectivity index (χ0) is 9.78. The fourth-order valence-electron chi connectivity index (χ4n) is 0.486. The zero-order valence-electron chi connectivity index (χ0n) is 7.65. The van der Waals surface area contributed by atoms with Crippen molar-refractivity contribution < 1.29 is 4.79 Å². The van der Waals surface area contributed by atoms with Crippen molar-refractivity contribution in [2.45, 2.75) is 26.3 Å². The van der Waals surface area contributed by atoms with Gasteiger partial charge in [0.2, 0.25) is 5.91 Å². The van der Waals surface area contributed by atoms with Crippen LogP contribution in [0.4, 0.5) is 0 Å². The minimum atomic E-state index is -0.679. The Bertz CT molecular complexity index is 199. The van der Waals surface area contributed by atoms with E-state index in [0.29, 0.717) is 6.54 Å². The number of carbonyl (C=O) groups is 1. The zero-order valence-corrected chi connectivity index (χ0v) is 8.40. The fraction of sp³-hybridized carbons (Fsp3) is 0.625. The second kappa shape index (κ2) is 4.48. The van der Waals surface area contributed by atoms with Gasteiger partial charge in [0.25, 0.3) is 0 Å². The van der Waals surface area contributed by atoms with E-state index in [1.165, 1.54) is 5.54 Å². The standard InChI is InChI=1S/C8H15ClN2O/c1-6(4-9)5-11-8(2,3)7(10)12/h4,11H,5H2,1-3H3,(H2,10,12). The van der Waals surface area contributed by atoms with Gasteiger partial charge in [-0.3, -0.25) is 10.1 Å². The van der Waals surface area contributed by atoms with Crippen LogP contribution in [0, 0.1) is 0 Å². The molecule has 12 heavy (non-hydrogen) atoms. The molecule has 0 saturated heterocycles. The number of halogens is 1. The normalized spacial score (nSPS) is 13.2. The quantitative estimate of drug-likeness (QED) is 0.695. The first-order valence-corrected chi connectivity index (χ1v) is 4.14. The van der Waals surface area contributed by atoms with E-state index in [0.717, 1.165) is 5.57 Å². The smallest absolute Gasteiger partial charge is 0.237 e. The van der Waals surface area contributed by atoms with Gasteiger partial charge >= 0.3 is 0 Å². The van der Waals surface area contributed by atoms with Gasteiger partial charge in [0.15, 0.2) is 0 Å². The lowest BCUT2D eigenvalue weighted by atomic mass is 10.1. The summed E-state index contributed by atoms with van der Waals surface area (Å²) in [5, 5.41) is 2.98. The van der Waals surface area contributed by atoms with E-state index in [1.54, 1.807) is 13.8 Å². The second-order valence-electron chi connectivity index (χ2n) is 3.30. The number of amides is 1. The highest BCUT2D eigenvalue weighted by molar-refractivity contribution is 6.25. The molecule has 0 aromatic rings. The molecule has 0 aliphatic carbocycles. The van der Waals surface area contributed by atoms with E-state index in [-0.39, 0.29) is 5.91 Å². The first-order chi connectivity index (χ1) is 5.40. The number of primary amides is 1. The van der Waals surface area contributed by atoms with Crippen LogP contribution in [0.1, 0.15) is 20.8 Å². The predicted molar refractivity (Wildman–Crippen MR) is 50.9 cm³/mol. The summed E-state index contributed by atoms with van der Waals surface area (Å²) in [6.07, 6.45) is 0. The summed E-state index contributed by atoms with van der Waals surface area (Å²) in [5.41, 5.74) is 6.90. The highest BCUT2D eigenvalue weighted by Gasteiger charge is 2.23. The van der Waals surface area contributed by atoms with Crippen molar-refractivity contribution in [3.8, 4) is 0 Å². The lowest BCUT2D eigenvalue weighted by molar-refractivity contribution is -0.123. The van der Waals surface area contributed by atoms with Crippen molar-refractivity contribution in [2.24, 2.45) is 5.73 Å². The SMILES string of the molecule is CC(=CCl)CNC(C)(C)C(N)=O. The molecule has 0 aliphatic heterocycles. The van der Waals surface area contributed by atoms with Crippen molar-refractivity contribution in [1.82, 2.24) is 5.32 Å². The van der Waals surface area contributed by atoms with Gasteiger partial charge in [0, 0.05) is 12.1 Å². The van der Waals surface area contributed by atoms with Crippen LogP contribution >= 0.6 is 11.6 Å². The molecule has 1 amide bonds. The molecule has 0 fully saturated rings. The molecule has 0 aliphatic rings. The monoisotopic (exact) mass is 190 g/mol. The minimum Gasteiger partial charge on any atom is -0.368 e. The van der Waals surface area contributed by atoms with E-state index >= 15 is 0 Å². The van der Waals surface area contributed by atoms with Crippen molar-refractivity contribution in [3.05, 3.63) is 11.1 Å². The minimum absolute atomic E-state index is 0.370. The van der Waals surface area contributed by atoms with Gasteiger partial charge in [-0.05, 0) is 26.3 Å². The average molecular weight is 191 g/mol. The Morgan fingerprint density at radius 1 is 1.67 bits per heavy atom. The molecular formula is C8H15ClN2O. The molecule has 0 bridgehead atoms. The van der Waals surface area contributed by atoms with E-state index in [9.17, 15) is 4.79 Å². The van der Waals surface area contributed by atoms with E-state index in [2.05, 4.69) is 5.32 Å². The highest BCUT2D eigenvalue weighted by Crippen LogP contribution is 2.02. The van der Waals surface area contributed by atoms with Crippen LogP contribution in [0.5, 0.6) is 0 Å². The van der Waals surface area contributed by atoms with Gasteiger partial charge in [0.1, 0.15) is 0 Å². The van der Waals surface area contributed by atoms with Gasteiger partial charge in [-0.1, -0.05) is 11.6 Å². The molecule has 0 aromatic heterocycles. The molecule has 0 saturated carbocycles. The third kappa shape index (κ3) is 3.74. The van der Waals surface area contributed by atoms with Gasteiger partial charge in [-0.25, -0.2) is 0 Å². The number of hydrogen-bond acceptors (Lipinski definition) is 2. The maximum absolute atomic E-state index is 10.8. The Labute approximate surface area is 78.0 Å². The largest absolute Gasteiger partial charge is 0.368 e. The number of carbonyl (C=O) groups excluding carboxylic acids is 1. The molecule has 0 atom stereocenters. The predicted octanol–water partition coefficient (Wildman–Crippen LogP) is 0.982. The fourth-order valence-corrected chi connectivity index (χ4v) is 0.563. The molecule has 70 valence electrons. The van der Waals surface area contributed by atoms with E-state index in [1.807, 2.05) is 6.92 Å². The molecule has 0 radical (unpaired) electrons. The van der Waals surface area contributed by atoms with Crippen molar-refractivity contribution >= 4 is 17.5 Å². The van der Waals surface area contributed by atoms with E-state index < -0.39 is 5.54 Å². The van der Waals surface area contributed by atoms with Crippen LogP contribution in [0.2, 0.25) is 0 Å². The summed E-state index contributed by atoms with van der Waals surface area (Å²) in [7, 11) is 0. The molecule has 3 N–H and O–H groups in total. The van der Waals surface area contributed by atoms with Crippen LogP contribution in [0.15, 0.2) is 11.1 Å². The topological polar surface area (TPSA) is 55.1 Å². The van der Waals surface area contributed by atoms with Gasteiger partial charge in [-0.2, -0.15) is 0 Å². The number of nitrogens with one attached hydrogen (secondary N) is 1. The van der Waals surface area contributed by atoms with Crippen molar-refractivity contribution in [3.63, 3.8) is 0 Å². The third-order valence-corrected chi connectivity index (χ3v) is 1.98. The van der Waals surface area contributed by atoms with Crippen molar-refractivity contribution in [2.75, 3.05) is 6.54 Å². The van der Waals surface area contributed by atoms with E-state index in [4.69, 9.17) is 17.3 Å².